The standard InChI is InChI=1S/C26H30N4O3/c1-15-18(8-9-20-19(15)10-11-30(20)25(32)33-26(2,3)4)21-12-17-13-23(27-14-22(17)29(21)5)28-24(31)16-6-7-16/h8-9,12-14,16H,6-7,10-11H2,1-5H3,(H,27,28,31). The first kappa shape index (κ1) is 21.5. The van der Waals surface area contributed by atoms with E-state index in [-0.39, 0.29) is 17.9 Å². The minimum Gasteiger partial charge on any atom is -0.443 e. The molecule has 3 heterocycles. The zero-order chi connectivity index (χ0) is 23.5. The maximum absolute atomic E-state index is 12.7. The van der Waals surface area contributed by atoms with Crippen molar-refractivity contribution in [2.75, 3.05) is 16.8 Å². The molecule has 1 aliphatic carbocycles. The van der Waals surface area contributed by atoms with Crippen molar-refractivity contribution in [1.82, 2.24) is 9.55 Å². The van der Waals surface area contributed by atoms with Gasteiger partial charge in [0.05, 0.1) is 17.4 Å². The van der Waals surface area contributed by atoms with E-state index in [4.69, 9.17) is 4.74 Å². The van der Waals surface area contributed by atoms with Gasteiger partial charge in [0.1, 0.15) is 11.4 Å². The highest BCUT2D eigenvalue weighted by atomic mass is 16.6. The molecule has 1 N–H and O–H groups in total. The monoisotopic (exact) mass is 446 g/mol. The third kappa shape index (κ3) is 3.96. The average Bonchev–Trinajstić information content (AvgIpc) is 3.42. The number of anilines is 2. The van der Waals surface area contributed by atoms with Crippen LogP contribution in [0.25, 0.3) is 22.2 Å². The molecule has 33 heavy (non-hydrogen) atoms. The third-order valence-electron chi connectivity index (χ3n) is 6.47. The van der Waals surface area contributed by atoms with Crippen molar-refractivity contribution in [3.05, 3.63) is 41.6 Å². The smallest absolute Gasteiger partial charge is 0.414 e. The van der Waals surface area contributed by atoms with Gasteiger partial charge in [-0.05, 0) is 76.3 Å². The van der Waals surface area contributed by atoms with Crippen molar-refractivity contribution >= 4 is 34.4 Å². The molecular formula is C26H30N4O3. The number of hydrogen-bond donors (Lipinski definition) is 1. The molecule has 2 aliphatic rings. The van der Waals surface area contributed by atoms with Crippen LogP contribution in [0.3, 0.4) is 0 Å². The number of nitrogens with zero attached hydrogens (tertiary/aromatic N) is 3. The molecular weight excluding hydrogens is 416 g/mol. The summed E-state index contributed by atoms with van der Waals surface area (Å²) in [6, 6.07) is 8.17. The minimum atomic E-state index is -0.525. The number of rotatable bonds is 3. The van der Waals surface area contributed by atoms with Crippen molar-refractivity contribution in [3.63, 3.8) is 0 Å². The van der Waals surface area contributed by atoms with Crippen LogP contribution in [0.5, 0.6) is 0 Å². The molecule has 0 bridgehead atoms. The predicted molar refractivity (Wildman–Crippen MR) is 130 cm³/mol. The zero-order valence-corrected chi connectivity index (χ0v) is 19.9. The van der Waals surface area contributed by atoms with Crippen LogP contribution >= 0.6 is 0 Å². The van der Waals surface area contributed by atoms with Crippen LogP contribution < -0.4 is 10.2 Å². The molecule has 0 radical (unpaired) electrons. The lowest BCUT2D eigenvalue weighted by Crippen LogP contribution is -2.35. The number of benzene rings is 1. The normalized spacial score (nSPS) is 15.6. The Balaban J connectivity index is 1.47. The molecule has 1 fully saturated rings. The molecule has 1 aromatic carbocycles. The topological polar surface area (TPSA) is 76.5 Å². The van der Waals surface area contributed by atoms with Gasteiger partial charge in [0, 0.05) is 36.2 Å². The van der Waals surface area contributed by atoms with Crippen LogP contribution in [0.4, 0.5) is 16.3 Å². The summed E-state index contributed by atoms with van der Waals surface area (Å²) in [5.74, 6) is 0.792. The van der Waals surface area contributed by atoms with Gasteiger partial charge < -0.3 is 14.6 Å². The van der Waals surface area contributed by atoms with Crippen molar-refractivity contribution in [3.8, 4) is 11.3 Å². The van der Waals surface area contributed by atoms with Crippen LogP contribution in [0.1, 0.15) is 44.7 Å². The molecule has 172 valence electrons. The largest absolute Gasteiger partial charge is 0.443 e. The number of carbonyl (C=O) groups is 2. The highest BCUT2D eigenvalue weighted by Gasteiger charge is 2.31. The first-order valence-electron chi connectivity index (χ1n) is 11.5. The average molecular weight is 447 g/mol. The fourth-order valence-corrected chi connectivity index (χ4v) is 4.57. The Hall–Kier alpha value is -3.35. The molecule has 7 nitrogen and oxygen atoms in total. The van der Waals surface area contributed by atoms with E-state index in [1.54, 1.807) is 4.90 Å². The van der Waals surface area contributed by atoms with E-state index >= 15 is 0 Å². The van der Waals surface area contributed by atoms with Crippen LogP contribution in [0.15, 0.2) is 30.5 Å². The van der Waals surface area contributed by atoms with E-state index in [2.05, 4.69) is 33.9 Å². The Bertz CT molecular complexity index is 1280. The van der Waals surface area contributed by atoms with E-state index in [1.165, 1.54) is 11.1 Å². The number of hydrogen-bond acceptors (Lipinski definition) is 4. The van der Waals surface area contributed by atoms with Crippen molar-refractivity contribution < 1.29 is 14.3 Å². The first-order chi connectivity index (χ1) is 15.6. The number of amides is 2. The summed E-state index contributed by atoms with van der Waals surface area (Å²) in [6.07, 6.45) is 4.24. The van der Waals surface area contributed by atoms with E-state index in [1.807, 2.05) is 46.1 Å². The number of fused-ring (bicyclic) bond motifs is 2. The lowest BCUT2D eigenvalue weighted by Gasteiger charge is -2.25. The number of aromatic nitrogens is 2. The fraction of sp³-hybridized carbons (Fsp3) is 0.423. The van der Waals surface area contributed by atoms with Crippen molar-refractivity contribution in [1.29, 1.82) is 0 Å². The second kappa shape index (κ2) is 7.61. The summed E-state index contributed by atoms with van der Waals surface area (Å²) in [4.78, 5) is 31.0. The number of nitrogens with one attached hydrogen (secondary N) is 1. The molecule has 2 amide bonds. The van der Waals surface area contributed by atoms with Crippen LogP contribution in [-0.4, -0.2) is 33.7 Å². The van der Waals surface area contributed by atoms with Gasteiger partial charge in [-0.1, -0.05) is 6.07 Å². The Morgan fingerprint density at radius 3 is 2.64 bits per heavy atom. The predicted octanol–water partition coefficient (Wildman–Crippen LogP) is 5.19. The second-order valence-electron chi connectivity index (χ2n) is 10.1. The lowest BCUT2D eigenvalue weighted by molar-refractivity contribution is -0.117. The van der Waals surface area contributed by atoms with Gasteiger partial charge >= 0.3 is 6.09 Å². The van der Waals surface area contributed by atoms with Crippen LogP contribution in [0.2, 0.25) is 0 Å². The van der Waals surface area contributed by atoms with Gasteiger partial charge in [0.15, 0.2) is 0 Å². The van der Waals surface area contributed by atoms with Gasteiger partial charge in [-0.2, -0.15) is 0 Å². The molecule has 2 aromatic heterocycles. The Morgan fingerprint density at radius 1 is 1.18 bits per heavy atom. The van der Waals surface area contributed by atoms with Crippen molar-refractivity contribution in [2.24, 2.45) is 13.0 Å². The second-order valence-corrected chi connectivity index (χ2v) is 10.1. The van der Waals surface area contributed by atoms with Gasteiger partial charge in [-0.3, -0.25) is 9.69 Å². The molecule has 5 rings (SSSR count). The van der Waals surface area contributed by atoms with Crippen LogP contribution in [-0.2, 0) is 23.0 Å². The molecule has 7 heteroatoms. The zero-order valence-electron chi connectivity index (χ0n) is 19.9. The molecule has 1 saturated carbocycles. The number of carbonyl (C=O) groups excluding carboxylic acids is 2. The Kier molecular flexibility index (Phi) is 4.96. The highest BCUT2D eigenvalue weighted by Crippen LogP contribution is 2.38. The fourth-order valence-electron chi connectivity index (χ4n) is 4.57. The Morgan fingerprint density at radius 2 is 1.94 bits per heavy atom. The maximum atomic E-state index is 12.7. The van der Waals surface area contributed by atoms with E-state index < -0.39 is 5.60 Å². The summed E-state index contributed by atoms with van der Waals surface area (Å²) in [7, 11) is 2.03. The van der Waals surface area contributed by atoms with E-state index in [0.717, 1.165) is 47.1 Å². The first-order valence-corrected chi connectivity index (χ1v) is 11.5. The lowest BCUT2D eigenvalue weighted by atomic mass is 9.98. The molecule has 0 spiro atoms. The molecule has 0 unspecified atom stereocenters. The number of pyridine rings is 1. The summed E-state index contributed by atoms with van der Waals surface area (Å²) >= 11 is 0. The molecule has 0 atom stereocenters. The van der Waals surface area contributed by atoms with E-state index in [0.29, 0.717) is 12.4 Å². The van der Waals surface area contributed by atoms with Gasteiger partial charge in [-0.15, -0.1) is 0 Å². The summed E-state index contributed by atoms with van der Waals surface area (Å²) in [5, 5.41) is 3.96. The van der Waals surface area contributed by atoms with Gasteiger partial charge in [0.2, 0.25) is 5.91 Å². The summed E-state index contributed by atoms with van der Waals surface area (Å²) < 4.78 is 7.72. The third-order valence-corrected chi connectivity index (χ3v) is 6.47. The number of ether oxygens (including phenoxy) is 1. The van der Waals surface area contributed by atoms with Gasteiger partial charge in [0.25, 0.3) is 0 Å². The summed E-state index contributed by atoms with van der Waals surface area (Å²) in [5.41, 5.74) is 5.96. The molecule has 1 aliphatic heterocycles. The summed E-state index contributed by atoms with van der Waals surface area (Å²) in [6.45, 7) is 8.39. The van der Waals surface area contributed by atoms with Gasteiger partial charge in [-0.25, -0.2) is 9.78 Å². The van der Waals surface area contributed by atoms with Crippen molar-refractivity contribution in [2.45, 2.75) is 52.6 Å². The maximum Gasteiger partial charge on any atom is 0.414 e. The van der Waals surface area contributed by atoms with Crippen LogP contribution in [0, 0.1) is 12.8 Å². The quantitative estimate of drug-likeness (QED) is 0.600. The molecule has 3 aromatic rings. The minimum absolute atomic E-state index is 0.0574. The molecule has 0 saturated heterocycles. The van der Waals surface area contributed by atoms with E-state index in [9.17, 15) is 9.59 Å². The number of aryl methyl sites for hydroxylation is 1. The Labute approximate surface area is 193 Å². The highest BCUT2D eigenvalue weighted by molar-refractivity contribution is 5.96. The SMILES string of the molecule is Cc1c(-c2cc3cc(NC(=O)C4CC4)ncc3n2C)ccc2c1CCN2C(=O)OC(C)(C)C.